The van der Waals surface area contributed by atoms with Gasteiger partial charge in [-0.05, 0) is 24.8 Å². The van der Waals surface area contributed by atoms with Gasteiger partial charge in [-0.1, -0.05) is 43.7 Å². The lowest BCUT2D eigenvalue weighted by molar-refractivity contribution is -0.143. The molecule has 0 aromatic heterocycles. The van der Waals surface area contributed by atoms with E-state index in [1.54, 1.807) is 0 Å². The number of carboxylic acid groups (broad SMARTS) is 1. The van der Waals surface area contributed by atoms with Crippen molar-refractivity contribution in [3.63, 3.8) is 0 Å². The summed E-state index contributed by atoms with van der Waals surface area (Å²) in [6, 6.07) is 9.83. The molecule has 17 heavy (non-hydrogen) atoms. The molecule has 0 aliphatic heterocycles. The fourth-order valence-corrected chi connectivity index (χ4v) is 2.07. The first-order valence-electron chi connectivity index (χ1n) is 6.04. The number of benzene rings is 1. The second-order valence-electron chi connectivity index (χ2n) is 4.53. The van der Waals surface area contributed by atoms with E-state index in [0.717, 1.165) is 12.0 Å². The first kappa shape index (κ1) is 13.7. The third-order valence-corrected chi connectivity index (χ3v) is 2.92. The van der Waals surface area contributed by atoms with Crippen LogP contribution in [0.2, 0.25) is 0 Å². The molecule has 0 bridgehead atoms. The van der Waals surface area contributed by atoms with Crippen LogP contribution in [0, 0.1) is 0 Å². The molecule has 0 amide bonds. The Morgan fingerprint density at radius 2 is 1.88 bits per heavy atom. The van der Waals surface area contributed by atoms with Crippen molar-refractivity contribution in [1.29, 1.82) is 0 Å². The zero-order chi connectivity index (χ0) is 12.7. The predicted octanol–water partition coefficient (Wildman–Crippen LogP) is 2.63. The van der Waals surface area contributed by atoms with E-state index in [0.29, 0.717) is 19.3 Å². The second kappa shape index (κ2) is 6.40. The van der Waals surface area contributed by atoms with Crippen molar-refractivity contribution >= 4 is 5.97 Å². The molecule has 0 fully saturated rings. The average Bonchev–Trinajstić information content (AvgIpc) is 2.27. The van der Waals surface area contributed by atoms with Crippen molar-refractivity contribution in [3.8, 4) is 0 Å². The topological polar surface area (TPSA) is 57.5 Å². The van der Waals surface area contributed by atoms with E-state index in [-0.39, 0.29) is 6.42 Å². The van der Waals surface area contributed by atoms with Crippen LogP contribution in [0.25, 0.3) is 0 Å². The molecular formula is C14H20O3. The van der Waals surface area contributed by atoms with Crippen molar-refractivity contribution in [2.45, 2.75) is 44.6 Å². The molecule has 94 valence electrons. The molecule has 0 aliphatic rings. The SMILES string of the molecule is CCCC(O)(CCc1ccccc1)CC(=O)O. The predicted molar refractivity (Wildman–Crippen MR) is 66.9 cm³/mol. The molecule has 1 unspecified atom stereocenters. The lowest BCUT2D eigenvalue weighted by Crippen LogP contribution is -2.32. The minimum absolute atomic E-state index is 0.173. The van der Waals surface area contributed by atoms with Crippen LogP contribution >= 0.6 is 0 Å². The summed E-state index contributed by atoms with van der Waals surface area (Å²) in [4.78, 5) is 10.7. The molecule has 2 N–H and O–H groups in total. The van der Waals surface area contributed by atoms with Crippen LogP contribution in [0.15, 0.2) is 30.3 Å². The number of carboxylic acids is 1. The summed E-state index contributed by atoms with van der Waals surface area (Å²) < 4.78 is 0. The third kappa shape index (κ3) is 5.00. The smallest absolute Gasteiger partial charge is 0.306 e. The van der Waals surface area contributed by atoms with Crippen molar-refractivity contribution in [3.05, 3.63) is 35.9 Å². The van der Waals surface area contributed by atoms with Gasteiger partial charge in [0.25, 0.3) is 0 Å². The molecule has 3 heteroatoms. The van der Waals surface area contributed by atoms with E-state index < -0.39 is 11.6 Å². The number of aliphatic carboxylic acids is 1. The van der Waals surface area contributed by atoms with Gasteiger partial charge in [0.1, 0.15) is 0 Å². The van der Waals surface area contributed by atoms with Gasteiger partial charge < -0.3 is 10.2 Å². The molecule has 0 heterocycles. The number of rotatable bonds is 7. The minimum Gasteiger partial charge on any atom is -0.481 e. The standard InChI is InChI=1S/C14H20O3/c1-2-9-14(17,11-13(15)16)10-8-12-6-4-3-5-7-12/h3-7,17H,2,8-11H2,1H3,(H,15,16). The zero-order valence-corrected chi connectivity index (χ0v) is 10.2. The highest BCUT2D eigenvalue weighted by molar-refractivity contribution is 5.68. The molecular weight excluding hydrogens is 216 g/mol. The van der Waals surface area contributed by atoms with E-state index in [1.165, 1.54) is 0 Å². The first-order chi connectivity index (χ1) is 8.06. The number of hydrogen-bond donors (Lipinski definition) is 2. The second-order valence-corrected chi connectivity index (χ2v) is 4.53. The molecule has 0 radical (unpaired) electrons. The number of hydrogen-bond acceptors (Lipinski definition) is 2. The average molecular weight is 236 g/mol. The third-order valence-electron chi connectivity index (χ3n) is 2.92. The van der Waals surface area contributed by atoms with Crippen LogP contribution in [0.4, 0.5) is 0 Å². The highest BCUT2D eigenvalue weighted by Gasteiger charge is 2.28. The number of carbonyl (C=O) groups is 1. The first-order valence-corrected chi connectivity index (χ1v) is 6.04. The van der Waals surface area contributed by atoms with Gasteiger partial charge in [-0.15, -0.1) is 0 Å². The Balaban J connectivity index is 2.58. The molecule has 3 nitrogen and oxygen atoms in total. The van der Waals surface area contributed by atoms with Gasteiger partial charge in [0, 0.05) is 0 Å². The van der Waals surface area contributed by atoms with Crippen LogP contribution in [0.1, 0.15) is 38.2 Å². The molecule has 1 aromatic rings. The maximum Gasteiger partial charge on any atom is 0.306 e. The number of aryl methyl sites for hydroxylation is 1. The summed E-state index contributed by atoms with van der Waals surface area (Å²) in [6.07, 6.45) is 2.36. The summed E-state index contributed by atoms with van der Waals surface area (Å²) in [7, 11) is 0. The lowest BCUT2D eigenvalue weighted by Gasteiger charge is -2.26. The molecule has 1 atom stereocenters. The van der Waals surface area contributed by atoms with Crippen molar-refractivity contribution < 1.29 is 15.0 Å². The summed E-state index contributed by atoms with van der Waals surface area (Å²) >= 11 is 0. The largest absolute Gasteiger partial charge is 0.481 e. The van der Waals surface area contributed by atoms with E-state index in [4.69, 9.17) is 5.11 Å². The van der Waals surface area contributed by atoms with Gasteiger partial charge in [0.15, 0.2) is 0 Å². The minimum atomic E-state index is -1.07. The fraction of sp³-hybridized carbons (Fsp3) is 0.500. The van der Waals surface area contributed by atoms with E-state index >= 15 is 0 Å². The summed E-state index contributed by atoms with van der Waals surface area (Å²) in [5, 5.41) is 19.1. The Bertz CT molecular complexity index is 348. The van der Waals surface area contributed by atoms with Gasteiger partial charge >= 0.3 is 5.97 Å². The van der Waals surface area contributed by atoms with Crippen molar-refractivity contribution in [1.82, 2.24) is 0 Å². The van der Waals surface area contributed by atoms with Gasteiger partial charge in [-0.3, -0.25) is 4.79 Å². The Kier molecular flexibility index (Phi) is 5.16. The Morgan fingerprint density at radius 3 is 2.41 bits per heavy atom. The monoisotopic (exact) mass is 236 g/mol. The van der Waals surface area contributed by atoms with E-state index in [9.17, 15) is 9.90 Å². The maximum absolute atomic E-state index is 10.7. The Morgan fingerprint density at radius 1 is 1.24 bits per heavy atom. The highest BCUT2D eigenvalue weighted by Crippen LogP contribution is 2.24. The van der Waals surface area contributed by atoms with Crippen molar-refractivity contribution in [2.24, 2.45) is 0 Å². The van der Waals surface area contributed by atoms with Crippen LogP contribution in [0.3, 0.4) is 0 Å². The zero-order valence-electron chi connectivity index (χ0n) is 10.2. The van der Waals surface area contributed by atoms with Crippen molar-refractivity contribution in [2.75, 3.05) is 0 Å². The molecule has 0 spiro atoms. The maximum atomic E-state index is 10.7. The number of aliphatic hydroxyl groups is 1. The van der Waals surface area contributed by atoms with Crippen LogP contribution in [-0.4, -0.2) is 21.8 Å². The Hall–Kier alpha value is -1.35. The molecule has 1 aromatic carbocycles. The summed E-state index contributed by atoms with van der Waals surface area (Å²) in [6.45, 7) is 1.95. The van der Waals surface area contributed by atoms with E-state index in [2.05, 4.69) is 0 Å². The van der Waals surface area contributed by atoms with Gasteiger partial charge in [-0.25, -0.2) is 0 Å². The van der Waals surface area contributed by atoms with Gasteiger partial charge in [0.05, 0.1) is 12.0 Å². The van der Waals surface area contributed by atoms with Crippen LogP contribution in [-0.2, 0) is 11.2 Å². The van der Waals surface area contributed by atoms with Gasteiger partial charge in [0.2, 0.25) is 0 Å². The van der Waals surface area contributed by atoms with Crippen LogP contribution in [0.5, 0.6) is 0 Å². The molecule has 0 aliphatic carbocycles. The fourth-order valence-electron chi connectivity index (χ4n) is 2.07. The molecule has 1 rings (SSSR count). The lowest BCUT2D eigenvalue weighted by atomic mass is 9.87. The molecule has 0 saturated carbocycles. The van der Waals surface area contributed by atoms with Crippen LogP contribution < -0.4 is 0 Å². The quantitative estimate of drug-likeness (QED) is 0.765. The highest BCUT2D eigenvalue weighted by atomic mass is 16.4. The van der Waals surface area contributed by atoms with E-state index in [1.807, 2.05) is 37.3 Å². The normalized spacial score (nSPS) is 14.2. The Labute approximate surface area is 102 Å². The molecule has 0 saturated heterocycles. The summed E-state index contributed by atoms with van der Waals surface area (Å²) in [5.74, 6) is -0.936. The summed E-state index contributed by atoms with van der Waals surface area (Å²) in [5.41, 5.74) is 0.0589. The van der Waals surface area contributed by atoms with Gasteiger partial charge in [-0.2, -0.15) is 0 Å².